The van der Waals surface area contributed by atoms with E-state index in [4.69, 9.17) is 10.5 Å². The van der Waals surface area contributed by atoms with Crippen molar-refractivity contribution in [2.45, 2.75) is 52.4 Å². The van der Waals surface area contributed by atoms with E-state index in [0.717, 1.165) is 0 Å². The number of halogens is 3. The van der Waals surface area contributed by atoms with Gasteiger partial charge in [-0.1, -0.05) is 0 Å². The van der Waals surface area contributed by atoms with E-state index >= 15 is 0 Å². The number of amides is 1. The molecule has 5 nitrogen and oxygen atoms in total. The smallest absolute Gasteiger partial charge is 0.435 e. The van der Waals surface area contributed by atoms with Crippen molar-refractivity contribution < 1.29 is 22.7 Å². The Morgan fingerprint density at radius 1 is 1.30 bits per heavy atom. The third-order valence-electron chi connectivity index (χ3n) is 1.71. The summed E-state index contributed by atoms with van der Waals surface area (Å²) in [5.74, 6) is 0. The predicted octanol–water partition coefficient (Wildman–Crippen LogP) is 2.72. The minimum Gasteiger partial charge on any atom is -0.444 e. The Kier molecular flexibility index (Phi) is 6.05. The Hall–Kier alpha value is -1.73. The van der Waals surface area contributed by atoms with Gasteiger partial charge in [0, 0.05) is 12.2 Å². The molecular weight excluding hydrogens is 275 g/mol. The Morgan fingerprint density at radius 2 is 1.80 bits per heavy atom. The number of nitrogens with one attached hydrogen (secondary N) is 1. The number of hydrogen-bond acceptors (Lipinski definition) is 4. The molecule has 0 heterocycles. The summed E-state index contributed by atoms with van der Waals surface area (Å²) in [7, 11) is 0. The third-order valence-corrected chi connectivity index (χ3v) is 1.71. The molecule has 0 bridgehead atoms. The van der Waals surface area contributed by atoms with Gasteiger partial charge in [0.25, 0.3) is 0 Å². The third kappa shape index (κ3) is 7.01. The van der Waals surface area contributed by atoms with Crippen molar-refractivity contribution in [3.8, 4) is 0 Å². The highest BCUT2D eigenvalue weighted by atomic mass is 19.4. The summed E-state index contributed by atoms with van der Waals surface area (Å²) >= 11 is 0. The topological polar surface area (TPSA) is 76.7 Å². The van der Waals surface area contributed by atoms with Crippen LogP contribution in [0.1, 0.15) is 34.6 Å². The van der Waals surface area contributed by atoms with Crippen LogP contribution < -0.4 is 11.1 Å². The number of carbonyl (C=O) groups excluding carboxylic acids is 1. The number of nitrogens with two attached hydrogens (primary N) is 1. The second-order valence-corrected chi connectivity index (χ2v) is 5.28. The largest absolute Gasteiger partial charge is 0.444 e. The summed E-state index contributed by atoms with van der Waals surface area (Å²) in [4.78, 5) is 14.9. The summed E-state index contributed by atoms with van der Waals surface area (Å²) < 4.78 is 43.5. The van der Waals surface area contributed by atoms with E-state index in [9.17, 15) is 18.0 Å². The van der Waals surface area contributed by atoms with Gasteiger partial charge < -0.3 is 10.5 Å². The fourth-order valence-electron chi connectivity index (χ4n) is 1.15. The van der Waals surface area contributed by atoms with Gasteiger partial charge in [-0.25, -0.2) is 4.79 Å². The molecular formula is C12H20F3N3O2. The Balaban J connectivity index is 5.21. The van der Waals surface area contributed by atoms with E-state index < -0.39 is 35.3 Å². The Bertz CT molecular complexity index is 407. The molecule has 116 valence electrons. The number of alkyl halides is 3. The molecule has 0 aliphatic rings. The molecule has 0 radical (unpaired) electrons. The number of carbonyl (C=O) groups is 1. The molecule has 1 amide bonds. The Morgan fingerprint density at radius 3 is 2.10 bits per heavy atom. The molecule has 0 spiro atoms. The maximum Gasteiger partial charge on any atom is 0.435 e. The first-order chi connectivity index (χ1) is 8.86. The summed E-state index contributed by atoms with van der Waals surface area (Å²) in [6.07, 6.45) is -5.13. The number of rotatable bonds is 3. The molecule has 0 fully saturated rings. The van der Waals surface area contributed by atoms with Crippen LogP contribution in [0.4, 0.5) is 18.0 Å². The highest BCUT2D eigenvalue weighted by Crippen LogP contribution is 2.22. The van der Waals surface area contributed by atoms with Crippen molar-refractivity contribution >= 4 is 11.8 Å². The van der Waals surface area contributed by atoms with Gasteiger partial charge in [-0.15, -0.1) is 0 Å². The van der Waals surface area contributed by atoms with Crippen molar-refractivity contribution in [3.05, 3.63) is 11.9 Å². The first-order valence-electron chi connectivity index (χ1n) is 5.94. The van der Waals surface area contributed by atoms with Crippen LogP contribution in [0.25, 0.3) is 0 Å². The molecule has 0 aromatic rings. The molecule has 0 aliphatic carbocycles. The molecule has 3 N–H and O–H groups in total. The van der Waals surface area contributed by atoms with E-state index in [1.807, 2.05) is 5.32 Å². The molecule has 0 aromatic heterocycles. The van der Waals surface area contributed by atoms with Gasteiger partial charge in [-0.05, 0) is 34.6 Å². The van der Waals surface area contributed by atoms with Gasteiger partial charge in [0.1, 0.15) is 5.60 Å². The summed E-state index contributed by atoms with van der Waals surface area (Å²) in [5.41, 5.74) is 2.42. The minimum absolute atomic E-state index is 0.609. The normalized spacial score (nSPS) is 14.4. The number of allylic oxidation sites excluding steroid dienone is 1. The monoisotopic (exact) mass is 295 g/mol. The molecule has 0 aromatic carbocycles. The molecule has 0 saturated carbocycles. The van der Waals surface area contributed by atoms with Gasteiger partial charge in [0.15, 0.2) is 5.71 Å². The van der Waals surface area contributed by atoms with Crippen LogP contribution in [0.5, 0.6) is 0 Å². The fourth-order valence-corrected chi connectivity index (χ4v) is 1.15. The first kappa shape index (κ1) is 18.3. The SMILES string of the molecule is CC(C)N=C(C(=CN)NC(=O)OC(C)(C)C)C(F)(F)F. The second-order valence-electron chi connectivity index (χ2n) is 5.28. The zero-order valence-electron chi connectivity index (χ0n) is 12.1. The second kappa shape index (κ2) is 6.62. The lowest BCUT2D eigenvalue weighted by molar-refractivity contribution is -0.0588. The van der Waals surface area contributed by atoms with Crippen LogP contribution in [-0.2, 0) is 4.74 Å². The van der Waals surface area contributed by atoms with Crippen LogP contribution in [0.2, 0.25) is 0 Å². The van der Waals surface area contributed by atoms with Crippen LogP contribution in [0, 0.1) is 0 Å². The highest BCUT2D eigenvalue weighted by molar-refractivity contribution is 6.05. The van der Waals surface area contributed by atoms with E-state index in [2.05, 4.69) is 4.99 Å². The van der Waals surface area contributed by atoms with Crippen LogP contribution >= 0.6 is 0 Å². The number of ether oxygens (including phenoxy) is 1. The molecule has 0 rings (SSSR count). The maximum absolute atomic E-state index is 12.9. The lowest BCUT2D eigenvalue weighted by Gasteiger charge is -2.21. The van der Waals surface area contributed by atoms with Crippen molar-refractivity contribution in [1.82, 2.24) is 5.32 Å². The quantitative estimate of drug-likeness (QED) is 0.786. The molecule has 20 heavy (non-hydrogen) atoms. The van der Waals surface area contributed by atoms with E-state index in [1.165, 1.54) is 13.8 Å². The van der Waals surface area contributed by atoms with Crippen molar-refractivity contribution in [3.63, 3.8) is 0 Å². The molecule has 0 atom stereocenters. The fraction of sp³-hybridized carbons (Fsp3) is 0.667. The lowest BCUT2D eigenvalue weighted by atomic mass is 10.2. The zero-order chi connectivity index (χ0) is 16.1. The van der Waals surface area contributed by atoms with Gasteiger partial charge in [-0.3, -0.25) is 10.3 Å². The lowest BCUT2D eigenvalue weighted by Crippen LogP contribution is -2.39. The van der Waals surface area contributed by atoms with Gasteiger partial charge in [0.05, 0.1) is 5.70 Å². The van der Waals surface area contributed by atoms with Crippen molar-refractivity contribution in [1.29, 1.82) is 0 Å². The zero-order valence-corrected chi connectivity index (χ0v) is 12.1. The average molecular weight is 295 g/mol. The van der Waals surface area contributed by atoms with Gasteiger partial charge in [0.2, 0.25) is 0 Å². The standard InChI is InChI=1S/C12H20F3N3O2/c1-7(2)17-9(12(13,14)15)8(6-16)18-10(19)20-11(3,4)5/h6-7H,16H2,1-5H3,(H,18,19). The summed E-state index contributed by atoms with van der Waals surface area (Å²) in [5, 5.41) is 1.96. The molecule has 0 unspecified atom stereocenters. The van der Waals surface area contributed by atoms with E-state index in [1.54, 1.807) is 20.8 Å². The van der Waals surface area contributed by atoms with Crippen molar-refractivity contribution in [2.24, 2.45) is 10.7 Å². The molecule has 0 aliphatic heterocycles. The number of aliphatic imine (C=N–C) groups is 1. The van der Waals surface area contributed by atoms with E-state index in [-0.39, 0.29) is 0 Å². The number of alkyl carbamates (subject to hydrolysis) is 1. The summed E-state index contributed by atoms with van der Waals surface area (Å²) in [6, 6.07) is -0.609. The van der Waals surface area contributed by atoms with Crippen molar-refractivity contribution in [2.75, 3.05) is 0 Å². The Labute approximate surface area is 116 Å². The average Bonchev–Trinajstić information content (AvgIpc) is 2.18. The van der Waals surface area contributed by atoms with Crippen LogP contribution in [0.3, 0.4) is 0 Å². The van der Waals surface area contributed by atoms with Gasteiger partial charge in [-0.2, -0.15) is 13.2 Å². The maximum atomic E-state index is 12.9. The molecule has 8 heteroatoms. The number of hydrogen-bond donors (Lipinski definition) is 2. The van der Waals surface area contributed by atoms with E-state index in [0.29, 0.717) is 6.20 Å². The van der Waals surface area contributed by atoms with Crippen LogP contribution in [-0.4, -0.2) is 29.6 Å². The highest BCUT2D eigenvalue weighted by Gasteiger charge is 2.39. The summed E-state index contributed by atoms with van der Waals surface area (Å²) in [6.45, 7) is 7.72. The van der Waals surface area contributed by atoms with Gasteiger partial charge >= 0.3 is 12.3 Å². The molecule has 0 saturated heterocycles. The first-order valence-corrected chi connectivity index (χ1v) is 5.94. The predicted molar refractivity (Wildman–Crippen MR) is 70.3 cm³/mol. The number of nitrogens with zero attached hydrogens (tertiary/aromatic N) is 1. The minimum atomic E-state index is -4.73. The van der Waals surface area contributed by atoms with Crippen LogP contribution in [0.15, 0.2) is 16.9 Å².